The van der Waals surface area contributed by atoms with Gasteiger partial charge in [0, 0.05) is 0 Å². The van der Waals surface area contributed by atoms with Crippen molar-refractivity contribution in [3.05, 3.63) is 13.3 Å². The Balaban J connectivity index is 2.86. The third-order valence-electron chi connectivity index (χ3n) is 1.35. The summed E-state index contributed by atoms with van der Waals surface area (Å²) in [6.45, 7) is 8.23. The van der Waals surface area contributed by atoms with Gasteiger partial charge in [0.2, 0.25) is 0 Å². The molecule has 0 fully saturated rings. The zero-order valence-electron chi connectivity index (χ0n) is 5.98. The SMILES string of the molecule is [CH2]CC(C)C[CH]CC. The fourth-order valence-corrected chi connectivity index (χ4v) is 0.569. The third-order valence-corrected chi connectivity index (χ3v) is 1.35. The Morgan fingerprint density at radius 3 is 2.62 bits per heavy atom. The highest BCUT2D eigenvalue weighted by Crippen LogP contribution is 2.08. The highest BCUT2D eigenvalue weighted by atomic mass is 14.0. The molecule has 2 radical (unpaired) electrons. The first-order valence-electron chi connectivity index (χ1n) is 3.42. The molecule has 0 N–H and O–H groups in total. The van der Waals surface area contributed by atoms with Gasteiger partial charge in [-0.15, -0.1) is 0 Å². The molecule has 0 heterocycles. The summed E-state index contributed by atoms with van der Waals surface area (Å²) in [4.78, 5) is 0. The van der Waals surface area contributed by atoms with E-state index in [0.717, 1.165) is 12.3 Å². The second kappa shape index (κ2) is 5.14. The van der Waals surface area contributed by atoms with Crippen LogP contribution in [0.15, 0.2) is 0 Å². The van der Waals surface area contributed by atoms with Crippen molar-refractivity contribution in [2.45, 2.75) is 33.1 Å². The molecule has 0 heteroatoms. The van der Waals surface area contributed by atoms with Crippen LogP contribution in [0.4, 0.5) is 0 Å². The summed E-state index contributed by atoms with van der Waals surface area (Å²) in [6, 6.07) is 0. The maximum absolute atomic E-state index is 3.82. The second-order valence-corrected chi connectivity index (χ2v) is 2.33. The summed E-state index contributed by atoms with van der Waals surface area (Å²) >= 11 is 0. The number of unbranched alkanes of at least 4 members (excludes halogenated alkanes) is 1. The normalized spacial score (nSPS) is 13.9. The maximum atomic E-state index is 3.82. The van der Waals surface area contributed by atoms with E-state index in [4.69, 9.17) is 0 Å². The van der Waals surface area contributed by atoms with Crippen molar-refractivity contribution in [3.63, 3.8) is 0 Å². The van der Waals surface area contributed by atoms with Crippen LogP contribution < -0.4 is 0 Å². The van der Waals surface area contributed by atoms with Crippen molar-refractivity contribution in [3.8, 4) is 0 Å². The van der Waals surface area contributed by atoms with Crippen molar-refractivity contribution in [2.24, 2.45) is 5.92 Å². The molecular formula is C8H16. The quantitative estimate of drug-likeness (QED) is 0.524. The smallest absolute Gasteiger partial charge is 0.0386 e. The molecule has 0 aliphatic carbocycles. The van der Waals surface area contributed by atoms with Gasteiger partial charge in [0.25, 0.3) is 0 Å². The molecule has 0 rings (SSSR count). The molecule has 0 aliphatic rings. The van der Waals surface area contributed by atoms with E-state index in [1.165, 1.54) is 12.8 Å². The first kappa shape index (κ1) is 8.00. The Labute approximate surface area is 53.3 Å². The average molecular weight is 112 g/mol. The van der Waals surface area contributed by atoms with Crippen LogP contribution in [-0.4, -0.2) is 0 Å². The van der Waals surface area contributed by atoms with Crippen LogP contribution in [0.5, 0.6) is 0 Å². The van der Waals surface area contributed by atoms with Crippen molar-refractivity contribution >= 4 is 0 Å². The topological polar surface area (TPSA) is 0 Å². The molecule has 0 spiro atoms. The Morgan fingerprint density at radius 1 is 1.62 bits per heavy atom. The van der Waals surface area contributed by atoms with Gasteiger partial charge in [-0.3, -0.25) is 0 Å². The Kier molecular flexibility index (Phi) is 5.14. The van der Waals surface area contributed by atoms with Gasteiger partial charge in [-0.05, 0) is 18.8 Å². The molecule has 8 heavy (non-hydrogen) atoms. The Morgan fingerprint density at radius 2 is 2.25 bits per heavy atom. The molecule has 0 nitrogen and oxygen atoms in total. The van der Waals surface area contributed by atoms with E-state index >= 15 is 0 Å². The summed E-state index contributed by atoms with van der Waals surface area (Å²) in [5, 5.41) is 0. The minimum absolute atomic E-state index is 0.787. The molecular weight excluding hydrogens is 96.1 g/mol. The highest BCUT2D eigenvalue weighted by molar-refractivity contribution is 4.66. The first-order chi connectivity index (χ1) is 3.81. The standard InChI is InChI=1S/C8H16/c1-4-6-7-8(3)5-2/h6,8H,2,4-5,7H2,1,3H3. The molecule has 48 valence electrons. The van der Waals surface area contributed by atoms with E-state index in [1.807, 2.05) is 0 Å². The molecule has 0 saturated heterocycles. The zero-order valence-corrected chi connectivity index (χ0v) is 5.98. The molecule has 0 aromatic carbocycles. The van der Waals surface area contributed by atoms with Gasteiger partial charge in [-0.1, -0.05) is 33.6 Å². The Bertz CT molecular complexity index is 39.3. The first-order valence-corrected chi connectivity index (χ1v) is 3.42. The fourth-order valence-electron chi connectivity index (χ4n) is 0.569. The summed E-state index contributed by atoms with van der Waals surface area (Å²) in [6.07, 6.45) is 5.82. The molecule has 0 aromatic rings. The summed E-state index contributed by atoms with van der Waals surface area (Å²) < 4.78 is 0. The molecule has 0 saturated carbocycles. The minimum Gasteiger partial charge on any atom is -0.0651 e. The lowest BCUT2D eigenvalue weighted by Crippen LogP contribution is -1.90. The lowest BCUT2D eigenvalue weighted by Gasteiger charge is -2.04. The van der Waals surface area contributed by atoms with Crippen LogP contribution in [0.2, 0.25) is 0 Å². The molecule has 0 bridgehead atoms. The maximum Gasteiger partial charge on any atom is -0.0386 e. The Hall–Kier alpha value is 0. The van der Waals surface area contributed by atoms with Crippen molar-refractivity contribution < 1.29 is 0 Å². The van der Waals surface area contributed by atoms with Gasteiger partial charge in [0.05, 0.1) is 0 Å². The molecule has 0 amide bonds. The number of hydrogen-bond donors (Lipinski definition) is 0. The van der Waals surface area contributed by atoms with Gasteiger partial charge in [0.1, 0.15) is 0 Å². The van der Waals surface area contributed by atoms with Gasteiger partial charge < -0.3 is 0 Å². The zero-order chi connectivity index (χ0) is 6.41. The van der Waals surface area contributed by atoms with Crippen LogP contribution in [0.1, 0.15) is 33.1 Å². The molecule has 1 atom stereocenters. The van der Waals surface area contributed by atoms with Crippen LogP contribution in [0.25, 0.3) is 0 Å². The predicted molar refractivity (Wildman–Crippen MR) is 38.3 cm³/mol. The van der Waals surface area contributed by atoms with E-state index in [2.05, 4.69) is 27.2 Å². The van der Waals surface area contributed by atoms with E-state index in [1.54, 1.807) is 0 Å². The van der Waals surface area contributed by atoms with Crippen LogP contribution >= 0.6 is 0 Å². The van der Waals surface area contributed by atoms with Gasteiger partial charge in [-0.2, -0.15) is 0 Å². The lowest BCUT2D eigenvalue weighted by molar-refractivity contribution is 0.572. The van der Waals surface area contributed by atoms with E-state index < -0.39 is 0 Å². The lowest BCUT2D eigenvalue weighted by atomic mass is 10.0. The van der Waals surface area contributed by atoms with E-state index in [0.29, 0.717) is 0 Å². The monoisotopic (exact) mass is 112 g/mol. The van der Waals surface area contributed by atoms with Gasteiger partial charge >= 0.3 is 0 Å². The van der Waals surface area contributed by atoms with E-state index in [-0.39, 0.29) is 0 Å². The predicted octanol–water partition coefficient (Wildman–Crippen LogP) is 2.85. The van der Waals surface area contributed by atoms with Gasteiger partial charge in [-0.25, -0.2) is 0 Å². The average Bonchev–Trinajstić information content (AvgIpc) is 1.83. The van der Waals surface area contributed by atoms with Crippen LogP contribution in [0, 0.1) is 19.3 Å². The highest BCUT2D eigenvalue weighted by Gasteiger charge is 1.95. The number of hydrogen-bond acceptors (Lipinski definition) is 0. The second-order valence-electron chi connectivity index (χ2n) is 2.33. The summed E-state index contributed by atoms with van der Waals surface area (Å²) in [7, 11) is 0. The molecule has 0 aromatic heterocycles. The van der Waals surface area contributed by atoms with Crippen molar-refractivity contribution in [2.75, 3.05) is 0 Å². The van der Waals surface area contributed by atoms with E-state index in [9.17, 15) is 0 Å². The molecule has 0 aliphatic heterocycles. The molecule has 1 unspecified atom stereocenters. The van der Waals surface area contributed by atoms with Crippen molar-refractivity contribution in [1.29, 1.82) is 0 Å². The minimum atomic E-state index is 0.787. The summed E-state index contributed by atoms with van der Waals surface area (Å²) in [5.41, 5.74) is 0. The van der Waals surface area contributed by atoms with Crippen LogP contribution in [-0.2, 0) is 0 Å². The summed E-state index contributed by atoms with van der Waals surface area (Å²) in [5.74, 6) is 0.787. The third kappa shape index (κ3) is 4.17. The number of rotatable bonds is 4. The van der Waals surface area contributed by atoms with Crippen LogP contribution in [0.3, 0.4) is 0 Å². The van der Waals surface area contributed by atoms with Gasteiger partial charge in [0.15, 0.2) is 0 Å². The fraction of sp³-hybridized carbons (Fsp3) is 0.750. The largest absolute Gasteiger partial charge is 0.0651 e. The van der Waals surface area contributed by atoms with Crippen molar-refractivity contribution in [1.82, 2.24) is 0 Å².